The summed E-state index contributed by atoms with van der Waals surface area (Å²) in [4.78, 5) is 25.3. The third-order valence-electron chi connectivity index (χ3n) is 1.51. The minimum Gasteiger partial charge on any atom is -0.508 e. The van der Waals surface area contributed by atoms with Crippen molar-refractivity contribution in [2.24, 2.45) is 0 Å². The fourth-order valence-corrected chi connectivity index (χ4v) is 0.935. The van der Waals surface area contributed by atoms with E-state index in [0.29, 0.717) is 0 Å². The molecule has 0 aliphatic rings. The van der Waals surface area contributed by atoms with Crippen molar-refractivity contribution in [3.63, 3.8) is 0 Å². The van der Waals surface area contributed by atoms with Gasteiger partial charge in [-0.2, -0.15) is 0 Å². The first-order valence-electron chi connectivity index (χ1n) is 4.16. The number of ether oxygens (including phenoxy) is 1. The van der Waals surface area contributed by atoms with Gasteiger partial charge in [-0.1, -0.05) is 0 Å². The Balaban J connectivity index is 3.09. The lowest BCUT2D eigenvalue weighted by atomic mass is 10.3. The van der Waals surface area contributed by atoms with Gasteiger partial charge in [-0.25, -0.2) is 14.6 Å². The monoisotopic (exact) mass is 211 g/mol. The van der Waals surface area contributed by atoms with Gasteiger partial charge in [0.25, 0.3) is 0 Å². The predicted octanol–water partition coefficient (Wildman–Crippen LogP) is 0.662. The van der Waals surface area contributed by atoms with E-state index in [1.54, 1.807) is 6.92 Å². The van der Waals surface area contributed by atoms with Crippen molar-refractivity contribution in [2.75, 3.05) is 6.61 Å². The minimum absolute atomic E-state index is 0.151. The van der Waals surface area contributed by atoms with E-state index in [1.165, 1.54) is 0 Å². The standard InChI is InChI=1S/C9H9NO5/c1-2-15-9(14)7-4-5(11)3-6(10-7)8(12)13/h3-4H,2H2,1H3,(H,10,11)(H,12,13). The Morgan fingerprint density at radius 3 is 2.53 bits per heavy atom. The molecule has 0 aliphatic heterocycles. The van der Waals surface area contributed by atoms with Gasteiger partial charge in [-0.3, -0.25) is 0 Å². The Morgan fingerprint density at radius 2 is 2.00 bits per heavy atom. The zero-order chi connectivity index (χ0) is 11.4. The average molecular weight is 211 g/mol. The Bertz CT molecular complexity index is 401. The molecule has 1 aromatic rings. The summed E-state index contributed by atoms with van der Waals surface area (Å²) >= 11 is 0. The number of aromatic carboxylic acids is 1. The fraction of sp³-hybridized carbons (Fsp3) is 0.222. The number of carbonyl (C=O) groups is 2. The van der Waals surface area contributed by atoms with Crippen molar-refractivity contribution in [2.45, 2.75) is 6.92 Å². The minimum atomic E-state index is -1.32. The second-order valence-corrected chi connectivity index (χ2v) is 2.62. The van der Waals surface area contributed by atoms with Crippen molar-refractivity contribution < 1.29 is 24.5 Å². The molecule has 0 aromatic carbocycles. The Morgan fingerprint density at radius 1 is 1.40 bits per heavy atom. The van der Waals surface area contributed by atoms with Crippen LogP contribution in [0.15, 0.2) is 12.1 Å². The van der Waals surface area contributed by atoms with Crippen LogP contribution in [0.1, 0.15) is 27.9 Å². The molecule has 0 radical (unpaired) electrons. The van der Waals surface area contributed by atoms with E-state index in [9.17, 15) is 9.59 Å². The highest BCUT2D eigenvalue weighted by Crippen LogP contribution is 2.13. The zero-order valence-electron chi connectivity index (χ0n) is 7.93. The Kier molecular flexibility index (Phi) is 3.22. The number of carbonyl (C=O) groups excluding carboxylic acids is 1. The third kappa shape index (κ3) is 2.67. The molecule has 0 fully saturated rings. The van der Waals surface area contributed by atoms with Crippen LogP contribution >= 0.6 is 0 Å². The zero-order valence-corrected chi connectivity index (χ0v) is 7.93. The quantitative estimate of drug-likeness (QED) is 0.713. The van der Waals surface area contributed by atoms with Crippen molar-refractivity contribution >= 4 is 11.9 Å². The second kappa shape index (κ2) is 4.41. The normalized spacial score (nSPS) is 9.67. The molecule has 0 saturated heterocycles. The van der Waals surface area contributed by atoms with Gasteiger partial charge in [-0.05, 0) is 6.92 Å². The number of esters is 1. The van der Waals surface area contributed by atoms with Gasteiger partial charge < -0.3 is 14.9 Å². The van der Waals surface area contributed by atoms with Gasteiger partial charge in [0.05, 0.1) is 6.61 Å². The molecule has 6 nitrogen and oxygen atoms in total. The number of hydrogen-bond donors (Lipinski definition) is 2. The van der Waals surface area contributed by atoms with E-state index in [-0.39, 0.29) is 18.1 Å². The molecule has 0 bridgehead atoms. The molecule has 0 saturated carbocycles. The first kappa shape index (κ1) is 11.0. The number of rotatable bonds is 3. The van der Waals surface area contributed by atoms with Gasteiger partial charge >= 0.3 is 11.9 Å². The number of carboxylic acid groups (broad SMARTS) is 1. The molecular formula is C9H9NO5. The molecule has 0 atom stereocenters. The second-order valence-electron chi connectivity index (χ2n) is 2.62. The van der Waals surface area contributed by atoms with Crippen LogP contribution in [0.5, 0.6) is 5.75 Å². The summed E-state index contributed by atoms with van der Waals surface area (Å²) in [5.41, 5.74) is -0.632. The molecule has 2 N–H and O–H groups in total. The van der Waals surface area contributed by atoms with E-state index in [0.717, 1.165) is 12.1 Å². The molecule has 15 heavy (non-hydrogen) atoms. The lowest BCUT2D eigenvalue weighted by Gasteiger charge is -2.02. The highest BCUT2D eigenvalue weighted by atomic mass is 16.5. The Labute approximate surface area is 85.1 Å². The van der Waals surface area contributed by atoms with E-state index in [1.807, 2.05) is 0 Å². The van der Waals surface area contributed by atoms with E-state index in [2.05, 4.69) is 9.72 Å². The van der Waals surface area contributed by atoms with E-state index >= 15 is 0 Å². The third-order valence-corrected chi connectivity index (χ3v) is 1.51. The molecule has 1 rings (SSSR count). The molecule has 1 aromatic heterocycles. The SMILES string of the molecule is CCOC(=O)c1cc(O)cc(C(=O)O)n1. The van der Waals surface area contributed by atoms with Gasteiger partial charge in [0, 0.05) is 12.1 Å². The summed E-state index contributed by atoms with van der Waals surface area (Å²) in [6, 6.07) is 2.00. The topological polar surface area (TPSA) is 96.7 Å². The van der Waals surface area contributed by atoms with Crippen LogP contribution in [0.3, 0.4) is 0 Å². The first-order valence-corrected chi connectivity index (χ1v) is 4.16. The highest BCUT2D eigenvalue weighted by Gasteiger charge is 2.14. The fourth-order valence-electron chi connectivity index (χ4n) is 0.935. The largest absolute Gasteiger partial charge is 0.508 e. The summed E-state index contributed by atoms with van der Waals surface area (Å²) < 4.78 is 4.61. The lowest BCUT2D eigenvalue weighted by Crippen LogP contribution is -2.10. The Hall–Kier alpha value is -2.11. The van der Waals surface area contributed by atoms with Gasteiger partial charge in [0.1, 0.15) is 5.75 Å². The van der Waals surface area contributed by atoms with Gasteiger partial charge in [0.15, 0.2) is 11.4 Å². The molecule has 0 unspecified atom stereocenters. The summed E-state index contributed by atoms with van der Waals surface area (Å²) in [6.07, 6.45) is 0. The van der Waals surface area contributed by atoms with Crippen molar-refractivity contribution in [3.8, 4) is 5.75 Å². The average Bonchev–Trinajstić information content (AvgIpc) is 2.17. The molecule has 0 amide bonds. The van der Waals surface area contributed by atoms with Crippen molar-refractivity contribution in [1.29, 1.82) is 0 Å². The molecular weight excluding hydrogens is 202 g/mol. The van der Waals surface area contributed by atoms with Crippen molar-refractivity contribution in [3.05, 3.63) is 23.5 Å². The predicted molar refractivity (Wildman–Crippen MR) is 48.8 cm³/mol. The van der Waals surface area contributed by atoms with Crippen LogP contribution in [-0.2, 0) is 4.74 Å². The molecule has 6 heteroatoms. The summed E-state index contributed by atoms with van der Waals surface area (Å²) in [7, 11) is 0. The van der Waals surface area contributed by atoms with Crippen molar-refractivity contribution in [1.82, 2.24) is 4.98 Å². The summed E-state index contributed by atoms with van der Waals surface area (Å²) in [5.74, 6) is -2.43. The van der Waals surface area contributed by atoms with E-state index < -0.39 is 17.6 Å². The van der Waals surface area contributed by atoms with Crippen LogP contribution in [0, 0.1) is 0 Å². The molecule has 80 valence electrons. The molecule has 0 aliphatic carbocycles. The van der Waals surface area contributed by atoms with Gasteiger partial charge in [0.2, 0.25) is 0 Å². The number of pyridine rings is 1. The number of hydrogen-bond acceptors (Lipinski definition) is 5. The smallest absolute Gasteiger partial charge is 0.357 e. The summed E-state index contributed by atoms with van der Waals surface area (Å²) in [5, 5.41) is 17.8. The van der Waals surface area contributed by atoms with Crippen LogP contribution in [0.2, 0.25) is 0 Å². The molecule has 0 spiro atoms. The molecule has 1 heterocycles. The first-order chi connectivity index (χ1) is 7.04. The number of aromatic nitrogens is 1. The summed E-state index contributed by atoms with van der Waals surface area (Å²) in [6.45, 7) is 1.76. The van der Waals surface area contributed by atoms with Crippen LogP contribution < -0.4 is 0 Å². The van der Waals surface area contributed by atoms with Crippen LogP contribution in [-0.4, -0.2) is 33.7 Å². The maximum Gasteiger partial charge on any atom is 0.357 e. The number of nitrogens with zero attached hydrogens (tertiary/aromatic N) is 1. The van der Waals surface area contributed by atoms with Crippen LogP contribution in [0.25, 0.3) is 0 Å². The lowest BCUT2D eigenvalue weighted by molar-refractivity contribution is 0.0518. The highest BCUT2D eigenvalue weighted by molar-refractivity contribution is 5.91. The maximum atomic E-state index is 11.2. The van der Waals surface area contributed by atoms with E-state index in [4.69, 9.17) is 10.2 Å². The van der Waals surface area contributed by atoms with Crippen LogP contribution in [0.4, 0.5) is 0 Å². The maximum absolute atomic E-state index is 11.2. The number of aromatic hydroxyl groups is 1. The number of carboxylic acids is 1. The van der Waals surface area contributed by atoms with Gasteiger partial charge in [-0.15, -0.1) is 0 Å².